The van der Waals surface area contributed by atoms with E-state index in [-0.39, 0.29) is 10.6 Å². The number of methoxy groups -OCH3 is 1. The third-order valence-electron chi connectivity index (χ3n) is 3.09. The molecule has 0 atom stereocenters. The summed E-state index contributed by atoms with van der Waals surface area (Å²) in [6.07, 6.45) is 1.27. The maximum atomic E-state index is 12.5. The van der Waals surface area contributed by atoms with Crippen molar-refractivity contribution in [2.24, 2.45) is 0 Å². The number of aromatic amines is 1. The Kier molecular flexibility index (Phi) is 4.04. The lowest BCUT2D eigenvalue weighted by Crippen LogP contribution is -2.26. The summed E-state index contributed by atoms with van der Waals surface area (Å²) in [4.78, 5) is 14.0. The number of hydrogen-bond acceptors (Lipinski definition) is 4. The topological polar surface area (TPSA) is 79.5 Å². The standard InChI is InChI=1S/C14H16N2O4S/c1-10-5-4-6-11(7-10)16(2)21(18,19)12-8-13(15-9-12)14(17)20-3/h4-9,15H,1-3H3. The maximum Gasteiger partial charge on any atom is 0.354 e. The van der Waals surface area contributed by atoms with Gasteiger partial charge in [-0.2, -0.15) is 0 Å². The third-order valence-corrected chi connectivity index (χ3v) is 4.85. The van der Waals surface area contributed by atoms with Gasteiger partial charge in [-0.25, -0.2) is 13.2 Å². The number of anilines is 1. The fourth-order valence-electron chi connectivity index (χ4n) is 1.87. The molecule has 1 aromatic heterocycles. The van der Waals surface area contributed by atoms with Gasteiger partial charge >= 0.3 is 5.97 Å². The molecule has 0 fully saturated rings. The second kappa shape index (κ2) is 5.61. The SMILES string of the molecule is COC(=O)c1cc(S(=O)(=O)N(C)c2cccc(C)c2)c[nH]1. The lowest BCUT2D eigenvalue weighted by molar-refractivity contribution is 0.0595. The second-order valence-electron chi connectivity index (χ2n) is 4.55. The Morgan fingerprint density at radius 2 is 2.00 bits per heavy atom. The third kappa shape index (κ3) is 2.92. The highest BCUT2D eigenvalue weighted by Crippen LogP contribution is 2.23. The molecule has 0 radical (unpaired) electrons. The first-order chi connectivity index (χ1) is 9.86. The largest absolute Gasteiger partial charge is 0.464 e. The zero-order chi connectivity index (χ0) is 15.6. The monoisotopic (exact) mass is 308 g/mol. The molecule has 21 heavy (non-hydrogen) atoms. The van der Waals surface area contributed by atoms with Gasteiger partial charge in [0.05, 0.1) is 12.8 Å². The molecule has 1 heterocycles. The van der Waals surface area contributed by atoms with Crippen LogP contribution in [0.2, 0.25) is 0 Å². The number of rotatable bonds is 4. The van der Waals surface area contributed by atoms with Gasteiger partial charge in [-0.3, -0.25) is 4.31 Å². The van der Waals surface area contributed by atoms with Gasteiger partial charge in [-0.05, 0) is 30.7 Å². The number of hydrogen-bond donors (Lipinski definition) is 1. The maximum absolute atomic E-state index is 12.5. The van der Waals surface area contributed by atoms with Crippen molar-refractivity contribution in [2.75, 3.05) is 18.5 Å². The van der Waals surface area contributed by atoms with Gasteiger partial charge < -0.3 is 9.72 Å². The van der Waals surface area contributed by atoms with Crippen molar-refractivity contribution >= 4 is 21.7 Å². The molecule has 2 aromatic rings. The molecule has 0 amide bonds. The number of nitrogens with one attached hydrogen (secondary N) is 1. The summed E-state index contributed by atoms with van der Waals surface area (Å²) in [5.41, 5.74) is 1.60. The molecule has 0 saturated carbocycles. The van der Waals surface area contributed by atoms with Gasteiger partial charge in [0.1, 0.15) is 10.6 Å². The summed E-state index contributed by atoms with van der Waals surface area (Å²) in [7, 11) is -1.04. The highest BCUT2D eigenvalue weighted by atomic mass is 32.2. The molecule has 2 rings (SSSR count). The van der Waals surface area contributed by atoms with Crippen molar-refractivity contribution in [3.8, 4) is 0 Å². The molecule has 0 saturated heterocycles. The van der Waals surface area contributed by atoms with Crippen LogP contribution in [0.4, 0.5) is 5.69 Å². The van der Waals surface area contributed by atoms with E-state index in [0.29, 0.717) is 5.69 Å². The van der Waals surface area contributed by atoms with E-state index in [1.807, 2.05) is 13.0 Å². The van der Waals surface area contributed by atoms with Crippen LogP contribution in [0.5, 0.6) is 0 Å². The first-order valence-electron chi connectivity index (χ1n) is 6.18. The van der Waals surface area contributed by atoms with Crippen molar-refractivity contribution in [3.63, 3.8) is 0 Å². The molecule has 112 valence electrons. The van der Waals surface area contributed by atoms with Crippen molar-refractivity contribution < 1.29 is 17.9 Å². The van der Waals surface area contributed by atoms with Crippen molar-refractivity contribution in [3.05, 3.63) is 47.8 Å². The van der Waals surface area contributed by atoms with Gasteiger partial charge in [0.25, 0.3) is 10.0 Å². The summed E-state index contributed by atoms with van der Waals surface area (Å²) >= 11 is 0. The van der Waals surface area contributed by atoms with Crippen LogP contribution in [0.1, 0.15) is 16.1 Å². The zero-order valence-electron chi connectivity index (χ0n) is 12.0. The Labute approximate surface area is 123 Å². The van der Waals surface area contributed by atoms with Crippen LogP contribution in [0, 0.1) is 6.92 Å². The summed E-state index contributed by atoms with van der Waals surface area (Å²) < 4.78 is 30.8. The number of esters is 1. The number of H-pyrrole nitrogens is 1. The van der Waals surface area contributed by atoms with E-state index in [4.69, 9.17) is 0 Å². The quantitative estimate of drug-likeness (QED) is 0.875. The minimum absolute atomic E-state index is 0.00639. The van der Waals surface area contributed by atoms with Crippen LogP contribution >= 0.6 is 0 Å². The molecule has 0 unspecified atom stereocenters. The minimum Gasteiger partial charge on any atom is -0.464 e. The molecule has 0 aliphatic rings. The van der Waals surface area contributed by atoms with Gasteiger partial charge in [-0.1, -0.05) is 12.1 Å². The van der Waals surface area contributed by atoms with Gasteiger partial charge in [-0.15, -0.1) is 0 Å². The fraction of sp³-hybridized carbons (Fsp3) is 0.214. The van der Waals surface area contributed by atoms with Crippen LogP contribution in [-0.2, 0) is 14.8 Å². The van der Waals surface area contributed by atoms with Crippen LogP contribution in [0.3, 0.4) is 0 Å². The van der Waals surface area contributed by atoms with Gasteiger partial charge in [0, 0.05) is 13.2 Å². The van der Waals surface area contributed by atoms with Crippen LogP contribution < -0.4 is 4.31 Å². The first-order valence-corrected chi connectivity index (χ1v) is 7.62. The molecule has 7 heteroatoms. The molecule has 0 bridgehead atoms. The average molecular weight is 308 g/mol. The zero-order valence-corrected chi connectivity index (χ0v) is 12.8. The number of ether oxygens (including phenoxy) is 1. The normalized spacial score (nSPS) is 11.2. The average Bonchev–Trinajstić information content (AvgIpc) is 2.96. The van der Waals surface area contributed by atoms with Crippen molar-refractivity contribution in [1.82, 2.24) is 4.98 Å². The van der Waals surface area contributed by atoms with E-state index in [1.54, 1.807) is 18.2 Å². The lowest BCUT2D eigenvalue weighted by Gasteiger charge is -2.18. The van der Waals surface area contributed by atoms with E-state index in [0.717, 1.165) is 5.56 Å². The summed E-state index contributed by atoms with van der Waals surface area (Å²) in [5, 5.41) is 0. The number of nitrogens with zero attached hydrogens (tertiary/aromatic N) is 1. The molecule has 0 aliphatic heterocycles. The Bertz CT molecular complexity index is 765. The second-order valence-corrected chi connectivity index (χ2v) is 6.52. The van der Waals surface area contributed by atoms with Crippen LogP contribution in [0.15, 0.2) is 41.4 Å². The Morgan fingerprint density at radius 1 is 1.29 bits per heavy atom. The van der Waals surface area contributed by atoms with E-state index < -0.39 is 16.0 Å². The first kappa shape index (κ1) is 15.1. The predicted octanol–water partition coefficient (Wildman–Crippen LogP) is 1.93. The van der Waals surface area contributed by atoms with E-state index in [2.05, 4.69) is 9.72 Å². The molecule has 1 aromatic carbocycles. The molecule has 0 aliphatic carbocycles. The smallest absolute Gasteiger partial charge is 0.354 e. The highest BCUT2D eigenvalue weighted by molar-refractivity contribution is 7.92. The number of benzene rings is 1. The molecule has 1 N–H and O–H groups in total. The van der Waals surface area contributed by atoms with Crippen LogP contribution in [-0.4, -0.2) is 33.5 Å². The lowest BCUT2D eigenvalue weighted by atomic mass is 10.2. The van der Waals surface area contributed by atoms with Gasteiger partial charge in [0.2, 0.25) is 0 Å². The predicted molar refractivity (Wildman–Crippen MR) is 78.9 cm³/mol. The Morgan fingerprint density at radius 3 is 2.62 bits per heavy atom. The molecule has 0 spiro atoms. The van der Waals surface area contributed by atoms with E-state index in [1.165, 1.54) is 30.7 Å². The summed E-state index contributed by atoms with van der Waals surface area (Å²) in [6, 6.07) is 8.40. The molecular weight excluding hydrogens is 292 g/mol. The Balaban J connectivity index is 2.37. The number of aromatic nitrogens is 1. The van der Waals surface area contributed by atoms with Crippen molar-refractivity contribution in [1.29, 1.82) is 0 Å². The summed E-state index contributed by atoms with van der Waals surface area (Å²) in [6.45, 7) is 1.88. The van der Waals surface area contributed by atoms with E-state index >= 15 is 0 Å². The number of carbonyl (C=O) groups excluding carboxylic acids is 1. The fourth-order valence-corrected chi connectivity index (χ4v) is 3.05. The highest BCUT2D eigenvalue weighted by Gasteiger charge is 2.24. The van der Waals surface area contributed by atoms with Crippen LogP contribution in [0.25, 0.3) is 0 Å². The van der Waals surface area contributed by atoms with E-state index in [9.17, 15) is 13.2 Å². The van der Waals surface area contributed by atoms with Crippen molar-refractivity contribution in [2.45, 2.75) is 11.8 Å². The number of aryl methyl sites for hydroxylation is 1. The molecular formula is C14H16N2O4S. The molecule has 6 nitrogen and oxygen atoms in total. The summed E-state index contributed by atoms with van der Waals surface area (Å²) in [5.74, 6) is -0.616. The number of sulfonamides is 1. The number of carbonyl (C=O) groups is 1. The van der Waals surface area contributed by atoms with Gasteiger partial charge in [0.15, 0.2) is 0 Å². The minimum atomic E-state index is -3.74. The Hall–Kier alpha value is -2.28.